The van der Waals surface area contributed by atoms with Crippen molar-refractivity contribution in [2.75, 3.05) is 30.3 Å². The molecule has 8 heteroatoms. The van der Waals surface area contributed by atoms with Crippen LogP contribution in [0, 0.1) is 15.5 Å². The number of aliphatic hydroxyl groups excluding tert-OH is 1. The summed E-state index contributed by atoms with van der Waals surface area (Å²) >= 11 is 0. The lowest BCUT2D eigenvalue weighted by Crippen LogP contribution is -2.20. The van der Waals surface area contributed by atoms with E-state index < -0.39 is 4.92 Å². The summed E-state index contributed by atoms with van der Waals surface area (Å²) in [6.45, 7) is 3.09. The van der Waals surface area contributed by atoms with E-state index in [1.165, 1.54) is 6.20 Å². The number of rotatable bonds is 7. The number of anilines is 2. The minimum atomic E-state index is -0.517. The van der Waals surface area contributed by atoms with E-state index >= 15 is 0 Å². The van der Waals surface area contributed by atoms with Gasteiger partial charge in [0.2, 0.25) is 11.8 Å². The Hall–Kier alpha value is -1.96. The molecule has 0 unspecified atom stereocenters. The molecule has 0 saturated heterocycles. The van der Waals surface area contributed by atoms with Crippen molar-refractivity contribution in [2.45, 2.75) is 19.8 Å². The van der Waals surface area contributed by atoms with E-state index in [0.29, 0.717) is 19.0 Å². The summed E-state index contributed by atoms with van der Waals surface area (Å²) in [7, 11) is 0. The van der Waals surface area contributed by atoms with Gasteiger partial charge in [0.25, 0.3) is 0 Å². The van der Waals surface area contributed by atoms with Crippen molar-refractivity contribution in [3.63, 3.8) is 0 Å². The molecule has 0 aliphatic heterocycles. The minimum absolute atomic E-state index is 0.0823. The molecule has 1 aliphatic rings. The van der Waals surface area contributed by atoms with E-state index in [1.807, 2.05) is 6.92 Å². The Balaban J connectivity index is 2.15. The third kappa shape index (κ3) is 3.08. The van der Waals surface area contributed by atoms with Gasteiger partial charge in [-0.2, -0.15) is 4.98 Å². The van der Waals surface area contributed by atoms with Gasteiger partial charge in [0.05, 0.1) is 11.5 Å². The summed E-state index contributed by atoms with van der Waals surface area (Å²) in [6, 6.07) is 0. The van der Waals surface area contributed by atoms with E-state index in [1.54, 1.807) is 0 Å². The summed E-state index contributed by atoms with van der Waals surface area (Å²) in [5.41, 5.74) is -0.299. The standard InChI is InChI=1S/C11H17N5O3/c1-2-12-10-13-5-8(16(18)19)9(15-10)14-6-11(7-17)3-4-11/h5,17H,2-4,6-7H2,1H3,(H2,12,13,14,15). The van der Waals surface area contributed by atoms with Crippen LogP contribution in [0.4, 0.5) is 17.5 Å². The lowest BCUT2D eigenvalue weighted by Gasteiger charge is -2.13. The Morgan fingerprint density at radius 3 is 2.79 bits per heavy atom. The summed E-state index contributed by atoms with van der Waals surface area (Å²) in [6.07, 6.45) is 3.04. The average Bonchev–Trinajstić information content (AvgIpc) is 3.17. The first-order valence-electron chi connectivity index (χ1n) is 6.20. The van der Waals surface area contributed by atoms with Crippen LogP contribution >= 0.6 is 0 Å². The third-order valence-corrected chi connectivity index (χ3v) is 3.22. The molecule has 0 amide bonds. The van der Waals surface area contributed by atoms with Crippen molar-refractivity contribution in [1.82, 2.24) is 9.97 Å². The van der Waals surface area contributed by atoms with Crippen LogP contribution in [0.2, 0.25) is 0 Å². The first-order valence-corrected chi connectivity index (χ1v) is 6.20. The quantitative estimate of drug-likeness (QED) is 0.499. The molecule has 1 fully saturated rings. The van der Waals surface area contributed by atoms with Crippen LogP contribution in [-0.4, -0.2) is 39.7 Å². The Morgan fingerprint density at radius 2 is 2.26 bits per heavy atom. The first-order chi connectivity index (χ1) is 9.10. The van der Waals surface area contributed by atoms with Crippen molar-refractivity contribution in [3.8, 4) is 0 Å². The van der Waals surface area contributed by atoms with Gasteiger partial charge < -0.3 is 15.7 Å². The average molecular weight is 267 g/mol. The fourth-order valence-electron chi connectivity index (χ4n) is 1.72. The van der Waals surface area contributed by atoms with Crippen molar-refractivity contribution < 1.29 is 10.0 Å². The monoisotopic (exact) mass is 267 g/mol. The van der Waals surface area contributed by atoms with Crippen LogP contribution in [0.15, 0.2) is 6.20 Å². The van der Waals surface area contributed by atoms with Crippen LogP contribution in [0.3, 0.4) is 0 Å². The predicted molar refractivity (Wildman–Crippen MR) is 70.1 cm³/mol. The fourth-order valence-corrected chi connectivity index (χ4v) is 1.72. The molecular weight excluding hydrogens is 250 g/mol. The summed E-state index contributed by atoms with van der Waals surface area (Å²) in [4.78, 5) is 18.4. The minimum Gasteiger partial charge on any atom is -0.396 e. The molecule has 1 heterocycles. The number of nitro groups is 1. The number of hydrogen-bond donors (Lipinski definition) is 3. The number of nitrogens with zero attached hydrogens (tertiary/aromatic N) is 3. The molecule has 1 saturated carbocycles. The molecule has 8 nitrogen and oxygen atoms in total. The second-order valence-electron chi connectivity index (χ2n) is 4.73. The van der Waals surface area contributed by atoms with Gasteiger partial charge in [0.1, 0.15) is 6.20 Å². The molecule has 1 aromatic rings. The van der Waals surface area contributed by atoms with Gasteiger partial charge in [-0.1, -0.05) is 0 Å². The number of hydrogen-bond acceptors (Lipinski definition) is 7. The van der Waals surface area contributed by atoms with E-state index in [9.17, 15) is 15.2 Å². The number of nitrogens with one attached hydrogen (secondary N) is 2. The normalized spacial score (nSPS) is 15.9. The first kappa shape index (κ1) is 13.5. The molecule has 2 rings (SSSR count). The lowest BCUT2D eigenvalue weighted by atomic mass is 10.1. The van der Waals surface area contributed by atoms with Gasteiger partial charge >= 0.3 is 5.69 Å². The molecule has 0 atom stereocenters. The molecule has 0 radical (unpaired) electrons. The van der Waals surface area contributed by atoms with Gasteiger partial charge in [0.15, 0.2) is 0 Å². The van der Waals surface area contributed by atoms with Gasteiger partial charge in [-0.05, 0) is 19.8 Å². The largest absolute Gasteiger partial charge is 0.396 e. The Bertz CT molecular complexity index is 475. The Morgan fingerprint density at radius 1 is 1.53 bits per heavy atom. The summed E-state index contributed by atoms with van der Waals surface area (Å²) in [5, 5.41) is 26.0. The van der Waals surface area contributed by atoms with Crippen molar-refractivity contribution in [3.05, 3.63) is 16.3 Å². The smallest absolute Gasteiger partial charge is 0.329 e. The molecule has 104 valence electrons. The van der Waals surface area contributed by atoms with Crippen molar-refractivity contribution in [2.24, 2.45) is 5.41 Å². The van der Waals surface area contributed by atoms with Crippen LogP contribution in [0.1, 0.15) is 19.8 Å². The molecule has 1 aliphatic carbocycles. The van der Waals surface area contributed by atoms with Gasteiger partial charge in [-0.3, -0.25) is 10.1 Å². The highest BCUT2D eigenvalue weighted by Crippen LogP contribution is 2.45. The summed E-state index contributed by atoms with van der Waals surface area (Å²) in [5.74, 6) is 0.542. The lowest BCUT2D eigenvalue weighted by molar-refractivity contribution is -0.384. The Kier molecular flexibility index (Phi) is 3.79. The van der Waals surface area contributed by atoms with Crippen LogP contribution in [0.5, 0.6) is 0 Å². The molecular formula is C11H17N5O3. The molecule has 0 aromatic carbocycles. The van der Waals surface area contributed by atoms with Gasteiger partial charge in [-0.15, -0.1) is 0 Å². The van der Waals surface area contributed by atoms with Crippen molar-refractivity contribution in [1.29, 1.82) is 0 Å². The molecule has 1 aromatic heterocycles. The van der Waals surface area contributed by atoms with Crippen LogP contribution in [0.25, 0.3) is 0 Å². The van der Waals surface area contributed by atoms with E-state index in [-0.39, 0.29) is 23.5 Å². The molecule has 3 N–H and O–H groups in total. The zero-order chi connectivity index (χ0) is 13.9. The maximum absolute atomic E-state index is 10.9. The predicted octanol–water partition coefficient (Wildman–Crippen LogP) is 1.00. The van der Waals surface area contributed by atoms with Crippen LogP contribution < -0.4 is 10.6 Å². The molecule has 0 spiro atoms. The highest BCUT2D eigenvalue weighted by Gasteiger charge is 2.42. The highest BCUT2D eigenvalue weighted by atomic mass is 16.6. The van der Waals surface area contributed by atoms with Gasteiger partial charge in [-0.25, -0.2) is 4.98 Å². The summed E-state index contributed by atoms with van der Waals surface area (Å²) < 4.78 is 0. The maximum Gasteiger partial charge on any atom is 0.329 e. The number of aliphatic hydroxyl groups is 1. The highest BCUT2D eigenvalue weighted by molar-refractivity contribution is 5.57. The van der Waals surface area contributed by atoms with Crippen LogP contribution in [-0.2, 0) is 0 Å². The molecule has 0 bridgehead atoms. The SMILES string of the molecule is CCNc1ncc([N+](=O)[O-])c(NCC2(CO)CC2)n1. The number of aromatic nitrogens is 2. The second kappa shape index (κ2) is 5.35. The molecule has 19 heavy (non-hydrogen) atoms. The van der Waals surface area contributed by atoms with E-state index in [2.05, 4.69) is 20.6 Å². The zero-order valence-corrected chi connectivity index (χ0v) is 10.7. The maximum atomic E-state index is 10.9. The topological polar surface area (TPSA) is 113 Å². The van der Waals surface area contributed by atoms with E-state index in [4.69, 9.17) is 0 Å². The fraction of sp³-hybridized carbons (Fsp3) is 0.636. The van der Waals surface area contributed by atoms with Crippen molar-refractivity contribution >= 4 is 17.5 Å². The second-order valence-corrected chi connectivity index (χ2v) is 4.73. The third-order valence-electron chi connectivity index (χ3n) is 3.22. The zero-order valence-electron chi connectivity index (χ0n) is 10.7. The van der Waals surface area contributed by atoms with Gasteiger partial charge in [0, 0.05) is 18.5 Å². The van der Waals surface area contributed by atoms with E-state index in [0.717, 1.165) is 12.8 Å². The Labute approximate surface area is 110 Å².